The Morgan fingerprint density at radius 2 is 1.93 bits per heavy atom. The van der Waals surface area contributed by atoms with E-state index in [1.165, 1.54) is 18.2 Å². The molecule has 1 atom stereocenters. The molecule has 3 rings (SSSR count). The first-order valence-electron chi connectivity index (χ1n) is 9.64. The van der Waals surface area contributed by atoms with E-state index >= 15 is 0 Å². The zero-order chi connectivity index (χ0) is 21.7. The third kappa shape index (κ3) is 5.41. The summed E-state index contributed by atoms with van der Waals surface area (Å²) in [5.41, 5.74) is 1.84. The van der Waals surface area contributed by atoms with E-state index in [0.29, 0.717) is 12.1 Å². The first kappa shape index (κ1) is 21.9. The third-order valence-electron chi connectivity index (χ3n) is 5.25. The fourth-order valence-electron chi connectivity index (χ4n) is 3.36. The Kier molecular flexibility index (Phi) is 7.14. The lowest BCUT2D eigenvalue weighted by Gasteiger charge is -2.37. The lowest BCUT2D eigenvalue weighted by Crippen LogP contribution is -2.49. The number of carbonyl (C=O) groups is 2. The molecule has 1 aliphatic rings. The van der Waals surface area contributed by atoms with Crippen molar-refractivity contribution in [3.63, 3.8) is 0 Å². The number of aryl methyl sites for hydroxylation is 1. The maximum Gasteiger partial charge on any atom is 0.313 e. The SMILES string of the molecule is Cc1ccc([N+](=O)[O-])cc1NC(=O)C(=O)NCC(c1ccsc1)N1CCN(C)CC1. The topological polar surface area (TPSA) is 108 Å². The van der Waals surface area contributed by atoms with Crippen molar-refractivity contribution in [1.29, 1.82) is 0 Å². The molecule has 2 heterocycles. The maximum absolute atomic E-state index is 12.4. The van der Waals surface area contributed by atoms with Gasteiger partial charge in [0.25, 0.3) is 5.69 Å². The number of amides is 2. The molecule has 1 aliphatic heterocycles. The largest absolute Gasteiger partial charge is 0.346 e. The molecule has 1 unspecified atom stereocenters. The van der Waals surface area contributed by atoms with Crippen LogP contribution in [0.2, 0.25) is 0 Å². The van der Waals surface area contributed by atoms with Gasteiger partial charge in [-0.2, -0.15) is 11.3 Å². The van der Waals surface area contributed by atoms with Gasteiger partial charge in [-0.15, -0.1) is 0 Å². The van der Waals surface area contributed by atoms with E-state index in [-0.39, 0.29) is 17.4 Å². The molecular formula is C20H25N5O4S. The van der Waals surface area contributed by atoms with Crippen molar-refractivity contribution in [2.45, 2.75) is 13.0 Å². The highest BCUT2D eigenvalue weighted by Crippen LogP contribution is 2.24. The van der Waals surface area contributed by atoms with Crippen LogP contribution < -0.4 is 10.6 Å². The lowest BCUT2D eigenvalue weighted by molar-refractivity contribution is -0.384. The molecule has 160 valence electrons. The van der Waals surface area contributed by atoms with Crippen molar-refractivity contribution in [2.75, 3.05) is 45.1 Å². The van der Waals surface area contributed by atoms with E-state index < -0.39 is 16.7 Å². The summed E-state index contributed by atoms with van der Waals surface area (Å²) in [6.45, 7) is 5.66. The van der Waals surface area contributed by atoms with E-state index in [2.05, 4.69) is 32.9 Å². The maximum atomic E-state index is 12.4. The van der Waals surface area contributed by atoms with Crippen LogP contribution in [0.3, 0.4) is 0 Å². The van der Waals surface area contributed by atoms with Crippen LogP contribution >= 0.6 is 11.3 Å². The molecule has 0 aliphatic carbocycles. The Hall–Kier alpha value is -2.82. The summed E-state index contributed by atoms with van der Waals surface area (Å²) in [5.74, 6) is -1.61. The number of thiophene rings is 1. The van der Waals surface area contributed by atoms with Gasteiger partial charge in [0.1, 0.15) is 0 Å². The number of likely N-dealkylation sites (N-methyl/N-ethyl adjacent to an activating group) is 1. The quantitative estimate of drug-likeness (QED) is 0.412. The molecule has 0 spiro atoms. The van der Waals surface area contributed by atoms with Crippen LogP contribution in [0, 0.1) is 17.0 Å². The number of carbonyl (C=O) groups excluding carboxylic acids is 2. The number of anilines is 1. The fourth-order valence-corrected chi connectivity index (χ4v) is 4.07. The van der Waals surface area contributed by atoms with Crippen LogP contribution in [-0.4, -0.2) is 66.3 Å². The molecule has 1 fully saturated rings. The molecule has 9 nitrogen and oxygen atoms in total. The minimum atomic E-state index is -0.846. The number of benzene rings is 1. The van der Waals surface area contributed by atoms with Gasteiger partial charge < -0.3 is 15.5 Å². The van der Waals surface area contributed by atoms with Gasteiger partial charge in [0, 0.05) is 44.9 Å². The van der Waals surface area contributed by atoms with Gasteiger partial charge in [0.15, 0.2) is 0 Å². The Morgan fingerprint density at radius 3 is 2.57 bits per heavy atom. The van der Waals surface area contributed by atoms with Crippen molar-refractivity contribution in [1.82, 2.24) is 15.1 Å². The normalized spacial score (nSPS) is 16.1. The number of nitro groups is 1. The number of nitro benzene ring substituents is 1. The first-order chi connectivity index (χ1) is 14.3. The molecule has 2 amide bonds. The molecule has 1 saturated heterocycles. The average molecular weight is 432 g/mol. The Bertz CT molecular complexity index is 910. The second kappa shape index (κ2) is 9.79. The summed E-state index contributed by atoms with van der Waals surface area (Å²) in [6, 6.07) is 6.16. The Balaban J connectivity index is 1.63. The Labute approximate surface area is 178 Å². The number of non-ortho nitro benzene ring substituents is 1. The number of hydrogen-bond acceptors (Lipinski definition) is 7. The third-order valence-corrected chi connectivity index (χ3v) is 5.95. The van der Waals surface area contributed by atoms with Gasteiger partial charge >= 0.3 is 11.8 Å². The highest BCUT2D eigenvalue weighted by Gasteiger charge is 2.26. The molecule has 0 radical (unpaired) electrons. The predicted octanol–water partition coefficient (Wildman–Crippen LogP) is 2.01. The summed E-state index contributed by atoms with van der Waals surface area (Å²) in [6.07, 6.45) is 0. The van der Waals surface area contributed by atoms with E-state index in [1.54, 1.807) is 18.3 Å². The van der Waals surface area contributed by atoms with Crippen LogP contribution in [0.4, 0.5) is 11.4 Å². The lowest BCUT2D eigenvalue weighted by atomic mass is 10.1. The molecule has 2 aromatic rings. The van der Waals surface area contributed by atoms with E-state index in [9.17, 15) is 19.7 Å². The second-order valence-corrected chi connectivity index (χ2v) is 8.11. The molecule has 1 aromatic heterocycles. The molecule has 2 N–H and O–H groups in total. The van der Waals surface area contributed by atoms with Gasteiger partial charge in [0.05, 0.1) is 16.7 Å². The summed E-state index contributed by atoms with van der Waals surface area (Å²) < 4.78 is 0. The first-order valence-corrected chi connectivity index (χ1v) is 10.6. The molecular weight excluding hydrogens is 406 g/mol. The molecule has 0 saturated carbocycles. The number of hydrogen-bond donors (Lipinski definition) is 2. The monoisotopic (exact) mass is 431 g/mol. The minimum Gasteiger partial charge on any atom is -0.346 e. The van der Waals surface area contributed by atoms with Crippen molar-refractivity contribution in [2.24, 2.45) is 0 Å². The van der Waals surface area contributed by atoms with E-state index in [1.807, 2.05) is 11.4 Å². The number of nitrogens with one attached hydrogen (secondary N) is 2. The smallest absolute Gasteiger partial charge is 0.313 e. The highest BCUT2D eigenvalue weighted by atomic mass is 32.1. The van der Waals surface area contributed by atoms with Crippen LogP contribution in [0.5, 0.6) is 0 Å². The predicted molar refractivity (Wildman–Crippen MR) is 116 cm³/mol. The summed E-state index contributed by atoms with van der Waals surface area (Å²) in [7, 11) is 2.08. The van der Waals surface area contributed by atoms with Crippen LogP contribution in [0.1, 0.15) is 17.2 Å². The van der Waals surface area contributed by atoms with Gasteiger partial charge in [-0.1, -0.05) is 6.07 Å². The number of nitrogens with zero attached hydrogens (tertiary/aromatic N) is 3. The highest BCUT2D eigenvalue weighted by molar-refractivity contribution is 7.08. The van der Waals surface area contributed by atoms with Crippen molar-refractivity contribution in [3.8, 4) is 0 Å². The standard InChI is InChI=1S/C20H25N5O4S/c1-14-3-4-16(25(28)29)11-17(14)22-20(27)19(26)21-12-18(15-5-10-30-13-15)24-8-6-23(2)7-9-24/h3-5,10-11,13,18H,6-9,12H2,1-2H3,(H,21,26)(H,22,27). The average Bonchev–Trinajstić information content (AvgIpc) is 3.25. The van der Waals surface area contributed by atoms with Crippen molar-refractivity contribution >= 4 is 34.5 Å². The molecule has 0 bridgehead atoms. The van der Waals surface area contributed by atoms with E-state index in [0.717, 1.165) is 31.7 Å². The molecule has 1 aromatic carbocycles. The zero-order valence-electron chi connectivity index (χ0n) is 17.0. The fraction of sp³-hybridized carbons (Fsp3) is 0.400. The molecule has 30 heavy (non-hydrogen) atoms. The van der Waals surface area contributed by atoms with Crippen LogP contribution in [-0.2, 0) is 9.59 Å². The van der Waals surface area contributed by atoms with Gasteiger partial charge in [-0.05, 0) is 41.9 Å². The minimum absolute atomic E-state index is 0.0127. The van der Waals surface area contributed by atoms with Crippen LogP contribution in [0.15, 0.2) is 35.0 Å². The summed E-state index contributed by atoms with van der Waals surface area (Å²) in [5, 5.41) is 20.2. The molecule has 10 heteroatoms. The summed E-state index contributed by atoms with van der Waals surface area (Å²) in [4.78, 5) is 39.7. The second-order valence-electron chi connectivity index (χ2n) is 7.33. The zero-order valence-corrected chi connectivity index (χ0v) is 17.8. The number of rotatable bonds is 6. The number of piperazine rings is 1. The van der Waals surface area contributed by atoms with E-state index in [4.69, 9.17) is 0 Å². The van der Waals surface area contributed by atoms with Crippen LogP contribution in [0.25, 0.3) is 0 Å². The Morgan fingerprint density at radius 1 is 1.20 bits per heavy atom. The summed E-state index contributed by atoms with van der Waals surface area (Å²) >= 11 is 1.60. The van der Waals surface area contributed by atoms with Gasteiger partial charge in [-0.25, -0.2) is 0 Å². The van der Waals surface area contributed by atoms with Gasteiger partial charge in [-0.3, -0.25) is 24.6 Å². The van der Waals surface area contributed by atoms with Gasteiger partial charge in [0.2, 0.25) is 0 Å². The van der Waals surface area contributed by atoms with Crippen molar-refractivity contribution in [3.05, 3.63) is 56.3 Å². The van der Waals surface area contributed by atoms with Crippen molar-refractivity contribution < 1.29 is 14.5 Å².